The predicted octanol–water partition coefficient (Wildman–Crippen LogP) is 2.97. The summed E-state index contributed by atoms with van der Waals surface area (Å²) in [5, 5.41) is 3.30. The van der Waals surface area contributed by atoms with E-state index in [1.165, 1.54) is 5.56 Å². The second kappa shape index (κ2) is 8.20. The molecule has 3 heteroatoms. The predicted molar refractivity (Wildman–Crippen MR) is 69.2 cm³/mol. The number of rotatable bonds is 7. The molecule has 0 amide bonds. The lowest BCUT2D eigenvalue weighted by molar-refractivity contribution is 0.340. The van der Waals surface area contributed by atoms with E-state index in [1.54, 1.807) is 0 Å². The van der Waals surface area contributed by atoms with Gasteiger partial charge in [-0.25, -0.2) is 0 Å². The van der Waals surface area contributed by atoms with Crippen LogP contribution in [0.4, 0.5) is 0 Å². The summed E-state index contributed by atoms with van der Waals surface area (Å²) < 4.78 is 5.43. The maximum atomic E-state index is 5.52. The Morgan fingerprint density at radius 2 is 2.25 bits per heavy atom. The number of hydrogen-bond donors (Lipinski definition) is 1. The molecule has 1 N–H and O–H groups in total. The van der Waals surface area contributed by atoms with E-state index in [9.17, 15) is 0 Å². The van der Waals surface area contributed by atoms with Gasteiger partial charge in [-0.05, 0) is 24.6 Å². The molecule has 0 aliphatic heterocycles. The molecule has 0 radical (unpaired) electrons. The standard InChI is InChI=1S/C13H18ClNO/c1-2-16-13-7-5-6-12(10-13)11-15-9-4-3-8-14/h3-7,10,15H,2,8-9,11H2,1H3/b4-3+. The van der Waals surface area contributed by atoms with Gasteiger partial charge in [0, 0.05) is 19.0 Å². The first-order valence-electron chi connectivity index (χ1n) is 5.50. The molecular weight excluding hydrogens is 222 g/mol. The zero-order valence-corrected chi connectivity index (χ0v) is 10.3. The molecule has 0 spiro atoms. The molecule has 0 aliphatic carbocycles. The monoisotopic (exact) mass is 239 g/mol. The average Bonchev–Trinajstić information content (AvgIpc) is 2.30. The Morgan fingerprint density at radius 1 is 1.38 bits per heavy atom. The number of halogens is 1. The Balaban J connectivity index is 2.35. The molecule has 1 aromatic rings. The Labute approximate surface area is 102 Å². The minimum absolute atomic E-state index is 0.571. The van der Waals surface area contributed by atoms with Crippen LogP contribution in [-0.2, 0) is 6.54 Å². The van der Waals surface area contributed by atoms with Crippen molar-refractivity contribution in [3.8, 4) is 5.75 Å². The molecule has 1 rings (SSSR count). The van der Waals surface area contributed by atoms with Gasteiger partial charge in [0.05, 0.1) is 6.61 Å². The summed E-state index contributed by atoms with van der Waals surface area (Å²) in [4.78, 5) is 0. The number of ether oxygens (including phenoxy) is 1. The van der Waals surface area contributed by atoms with Gasteiger partial charge in [0.2, 0.25) is 0 Å². The van der Waals surface area contributed by atoms with E-state index in [0.29, 0.717) is 12.5 Å². The molecule has 0 unspecified atom stereocenters. The quantitative estimate of drug-likeness (QED) is 0.449. The van der Waals surface area contributed by atoms with Crippen LogP contribution in [0.3, 0.4) is 0 Å². The molecule has 2 nitrogen and oxygen atoms in total. The largest absolute Gasteiger partial charge is 0.494 e. The third-order valence-electron chi connectivity index (χ3n) is 2.06. The highest BCUT2D eigenvalue weighted by molar-refractivity contribution is 6.18. The van der Waals surface area contributed by atoms with Crippen molar-refractivity contribution < 1.29 is 4.74 Å². The molecule has 0 heterocycles. The normalized spacial score (nSPS) is 10.9. The molecule has 16 heavy (non-hydrogen) atoms. The van der Waals surface area contributed by atoms with Crippen LogP contribution >= 0.6 is 11.6 Å². The van der Waals surface area contributed by atoms with Gasteiger partial charge in [-0.2, -0.15) is 0 Å². The van der Waals surface area contributed by atoms with E-state index in [0.717, 1.165) is 18.8 Å². The van der Waals surface area contributed by atoms with Crippen molar-refractivity contribution in [3.05, 3.63) is 42.0 Å². The first kappa shape index (κ1) is 13.1. The minimum atomic E-state index is 0.571. The molecule has 0 aliphatic rings. The van der Waals surface area contributed by atoms with Gasteiger partial charge in [0.15, 0.2) is 0 Å². The SMILES string of the molecule is CCOc1cccc(CNC/C=C/CCl)c1. The van der Waals surface area contributed by atoms with Crippen molar-refractivity contribution in [2.45, 2.75) is 13.5 Å². The van der Waals surface area contributed by atoms with Gasteiger partial charge in [-0.3, -0.25) is 0 Å². The second-order valence-electron chi connectivity index (χ2n) is 3.34. The fourth-order valence-corrected chi connectivity index (χ4v) is 1.48. The summed E-state index contributed by atoms with van der Waals surface area (Å²) in [5.74, 6) is 1.50. The number of alkyl halides is 1. The Hall–Kier alpha value is -0.990. The topological polar surface area (TPSA) is 21.3 Å². The smallest absolute Gasteiger partial charge is 0.119 e. The van der Waals surface area contributed by atoms with Crippen LogP contribution in [0.15, 0.2) is 36.4 Å². The third kappa shape index (κ3) is 5.19. The molecule has 0 saturated heterocycles. The molecular formula is C13H18ClNO. The van der Waals surface area contributed by atoms with Gasteiger partial charge < -0.3 is 10.1 Å². The molecule has 88 valence electrons. The average molecular weight is 240 g/mol. The van der Waals surface area contributed by atoms with Crippen LogP contribution in [0.25, 0.3) is 0 Å². The molecule has 0 atom stereocenters. The van der Waals surface area contributed by atoms with Crippen LogP contribution in [-0.4, -0.2) is 19.0 Å². The molecule has 0 saturated carbocycles. The molecule has 0 fully saturated rings. The summed E-state index contributed by atoms with van der Waals surface area (Å²) in [6.07, 6.45) is 3.96. The fourth-order valence-electron chi connectivity index (χ4n) is 1.36. The van der Waals surface area contributed by atoms with E-state index in [2.05, 4.69) is 17.4 Å². The summed E-state index contributed by atoms with van der Waals surface area (Å²) in [5.41, 5.74) is 1.23. The van der Waals surface area contributed by atoms with E-state index >= 15 is 0 Å². The molecule has 0 bridgehead atoms. The first-order chi connectivity index (χ1) is 7.86. The van der Waals surface area contributed by atoms with Crippen molar-refractivity contribution in [3.63, 3.8) is 0 Å². The lowest BCUT2D eigenvalue weighted by atomic mass is 10.2. The lowest BCUT2D eigenvalue weighted by Gasteiger charge is -2.06. The zero-order valence-electron chi connectivity index (χ0n) is 9.58. The fraction of sp³-hybridized carbons (Fsp3) is 0.385. The minimum Gasteiger partial charge on any atom is -0.494 e. The first-order valence-corrected chi connectivity index (χ1v) is 6.03. The van der Waals surface area contributed by atoms with Crippen molar-refractivity contribution in [1.29, 1.82) is 0 Å². The highest BCUT2D eigenvalue weighted by Crippen LogP contribution is 2.12. The maximum absolute atomic E-state index is 5.52. The van der Waals surface area contributed by atoms with Crippen molar-refractivity contribution in [2.24, 2.45) is 0 Å². The van der Waals surface area contributed by atoms with Gasteiger partial charge in [-0.1, -0.05) is 24.3 Å². The van der Waals surface area contributed by atoms with Crippen molar-refractivity contribution in [2.75, 3.05) is 19.0 Å². The van der Waals surface area contributed by atoms with Crippen molar-refractivity contribution >= 4 is 11.6 Å². The van der Waals surface area contributed by atoms with E-state index in [1.807, 2.05) is 31.2 Å². The lowest BCUT2D eigenvalue weighted by Crippen LogP contribution is -2.12. The molecule has 1 aromatic carbocycles. The number of nitrogens with one attached hydrogen (secondary N) is 1. The summed E-state index contributed by atoms with van der Waals surface area (Å²) >= 11 is 5.52. The Morgan fingerprint density at radius 3 is 3.00 bits per heavy atom. The van der Waals surface area contributed by atoms with Crippen LogP contribution in [0.1, 0.15) is 12.5 Å². The summed E-state index contributed by atoms with van der Waals surface area (Å²) in [7, 11) is 0. The number of benzene rings is 1. The second-order valence-corrected chi connectivity index (χ2v) is 3.65. The van der Waals surface area contributed by atoms with E-state index in [-0.39, 0.29) is 0 Å². The maximum Gasteiger partial charge on any atom is 0.119 e. The van der Waals surface area contributed by atoms with Crippen LogP contribution in [0.2, 0.25) is 0 Å². The summed E-state index contributed by atoms with van der Waals surface area (Å²) in [6.45, 7) is 4.37. The van der Waals surface area contributed by atoms with Gasteiger partial charge in [0.1, 0.15) is 5.75 Å². The Kier molecular flexibility index (Phi) is 6.70. The van der Waals surface area contributed by atoms with Gasteiger partial charge in [-0.15, -0.1) is 11.6 Å². The van der Waals surface area contributed by atoms with Crippen molar-refractivity contribution in [1.82, 2.24) is 5.32 Å². The summed E-state index contributed by atoms with van der Waals surface area (Å²) in [6, 6.07) is 8.12. The molecule has 0 aromatic heterocycles. The van der Waals surface area contributed by atoms with Crippen LogP contribution < -0.4 is 10.1 Å². The van der Waals surface area contributed by atoms with Crippen LogP contribution in [0, 0.1) is 0 Å². The van der Waals surface area contributed by atoms with Crippen LogP contribution in [0.5, 0.6) is 5.75 Å². The zero-order chi connectivity index (χ0) is 11.6. The highest BCUT2D eigenvalue weighted by Gasteiger charge is 1.95. The Bertz CT molecular complexity index is 325. The van der Waals surface area contributed by atoms with E-state index in [4.69, 9.17) is 16.3 Å². The third-order valence-corrected chi connectivity index (χ3v) is 2.23. The van der Waals surface area contributed by atoms with Gasteiger partial charge >= 0.3 is 0 Å². The van der Waals surface area contributed by atoms with E-state index < -0.39 is 0 Å². The highest BCUT2D eigenvalue weighted by atomic mass is 35.5. The number of allylic oxidation sites excluding steroid dienone is 1. The number of hydrogen-bond acceptors (Lipinski definition) is 2. The van der Waals surface area contributed by atoms with Gasteiger partial charge in [0.25, 0.3) is 0 Å².